The van der Waals surface area contributed by atoms with Gasteiger partial charge in [-0.2, -0.15) is 0 Å². The molecule has 6 heteroatoms. The zero-order valence-corrected chi connectivity index (χ0v) is 22.6. The largest absolute Gasteiger partial charge is 0.465 e. The Labute approximate surface area is 199 Å². The van der Waals surface area contributed by atoms with Gasteiger partial charge in [-0.15, -0.1) is 0 Å². The average Bonchev–Trinajstić information content (AvgIpc) is 2.77. The normalized spacial score (nSPS) is 12.8. The van der Waals surface area contributed by atoms with Crippen LogP contribution in [-0.2, 0) is 23.1 Å². The van der Waals surface area contributed by atoms with Crippen LogP contribution in [0.25, 0.3) is 0 Å². The van der Waals surface area contributed by atoms with Crippen molar-refractivity contribution in [2.24, 2.45) is 0 Å². The van der Waals surface area contributed by atoms with E-state index in [2.05, 4.69) is 13.8 Å². The van der Waals surface area contributed by atoms with Crippen molar-refractivity contribution >= 4 is 13.6 Å². The van der Waals surface area contributed by atoms with E-state index in [9.17, 15) is 9.36 Å². The fourth-order valence-electron chi connectivity index (χ4n) is 3.83. The molecule has 0 bridgehead atoms. The average molecular weight is 477 g/mol. The summed E-state index contributed by atoms with van der Waals surface area (Å²) in [4.78, 5) is 12.4. The molecule has 32 heavy (non-hydrogen) atoms. The standard InChI is InChI=1S/C26H53O5P/c1-5-9-11-13-15-17-19-21-23-30-32(28,25(7-3)26(27)29-8-4)31-24-22-20-18-16-14-12-10-6-2/h25H,5-24H2,1-4H3. The Morgan fingerprint density at radius 2 is 1.00 bits per heavy atom. The number of hydrogen-bond acceptors (Lipinski definition) is 5. The molecule has 0 aromatic carbocycles. The second-order valence-electron chi connectivity index (χ2n) is 8.83. The van der Waals surface area contributed by atoms with Crippen LogP contribution in [0.4, 0.5) is 0 Å². The van der Waals surface area contributed by atoms with Crippen LogP contribution < -0.4 is 0 Å². The van der Waals surface area contributed by atoms with Crippen LogP contribution in [0.3, 0.4) is 0 Å². The number of unbranched alkanes of at least 4 members (excludes halogenated alkanes) is 14. The summed E-state index contributed by atoms with van der Waals surface area (Å²) in [5.74, 6) is -0.467. The Balaban J connectivity index is 4.40. The van der Waals surface area contributed by atoms with Crippen LogP contribution >= 0.6 is 7.60 Å². The number of ether oxygens (including phenoxy) is 1. The van der Waals surface area contributed by atoms with Crippen molar-refractivity contribution in [3.05, 3.63) is 0 Å². The van der Waals surface area contributed by atoms with Crippen LogP contribution in [0, 0.1) is 0 Å². The summed E-state index contributed by atoms with van der Waals surface area (Å²) in [5.41, 5.74) is -0.828. The summed E-state index contributed by atoms with van der Waals surface area (Å²) in [6, 6.07) is 0. The molecule has 0 N–H and O–H groups in total. The molecule has 0 amide bonds. The third kappa shape index (κ3) is 16.3. The highest BCUT2D eigenvalue weighted by Crippen LogP contribution is 2.55. The molecule has 0 radical (unpaired) electrons. The highest BCUT2D eigenvalue weighted by atomic mass is 31.2. The molecule has 0 aromatic heterocycles. The lowest BCUT2D eigenvalue weighted by Crippen LogP contribution is -2.25. The van der Waals surface area contributed by atoms with Gasteiger partial charge in [-0.25, -0.2) is 0 Å². The second kappa shape index (κ2) is 22.4. The molecule has 0 aliphatic heterocycles. The Bertz CT molecular complexity index is 443. The summed E-state index contributed by atoms with van der Waals surface area (Å²) in [6.07, 6.45) is 19.4. The molecule has 0 fully saturated rings. The lowest BCUT2D eigenvalue weighted by Gasteiger charge is -2.25. The minimum Gasteiger partial charge on any atom is -0.465 e. The molecule has 192 valence electrons. The number of esters is 1. The van der Waals surface area contributed by atoms with Gasteiger partial charge in [0.05, 0.1) is 19.8 Å². The summed E-state index contributed by atoms with van der Waals surface area (Å²) in [7, 11) is -3.53. The maximum Gasteiger partial charge on any atom is 0.344 e. The van der Waals surface area contributed by atoms with Crippen molar-refractivity contribution in [1.82, 2.24) is 0 Å². The predicted molar refractivity (Wildman–Crippen MR) is 135 cm³/mol. The quantitative estimate of drug-likeness (QED) is 0.0791. The SMILES string of the molecule is CCCCCCCCCCOP(=O)(OCCCCCCCCCC)C(CC)C(=O)OCC. The third-order valence-electron chi connectivity index (χ3n) is 5.87. The molecule has 0 saturated carbocycles. The van der Waals surface area contributed by atoms with Crippen LogP contribution in [0.5, 0.6) is 0 Å². The molecule has 1 unspecified atom stereocenters. The van der Waals surface area contributed by atoms with Crippen LogP contribution in [0.1, 0.15) is 137 Å². The first-order valence-electron chi connectivity index (χ1n) is 13.6. The van der Waals surface area contributed by atoms with Crippen LogP contribution in [-0.4, -0.2) is 31.4 Å². The van der Waals surface area contributed by atoms with E-state index < -0.39 is 19.2 Å². The van der Waals surface area contributed by atoms with Gasteiger partial charge in [-0.05, 0) is 26.2 Å². The van der Waals surface area contributed by atoms with E-state index in [0.29, 0.717) is 19.6 Å². The smallest absolute Gasteiger partial charge is 0.344 e. The van der Waals surface area contributed by atoms with Gasteiger partial charge < -0.3 is 13.8 Å². The van der Waals surface area contributed by atoms with E-state index in [4.69, 9.17) is 13.8 Å². The van der Waals surface area contributed by atoms with Gasteiger partial charge in [-0.3, -0.25) is 9.36 Å². The molecular formula is C26H53O5P. The van der Waals surface area contributed by atoms with Gasteiger partial charge in [0.25, 0.3) is 0 Å². The highest BCUT2D eigenvalue weighted by molar-refractivity contribution is 7.55. The number of rotatable bonds is 24. The van der Waals surface area contributed by atoms with Gasteiger partial charge in [0.2, 0.25) is 0 Å². The molecule has 5 nitrogen and oxygen atoms in total. The van der Waals surface area contributed by atoms with Crippen molar-refractivity contribution in [3.63, 3.8) is 0 Å². The van der Waals surface area contributed by atoms with E-state index >= 15 is 0 Å². The predicted octanol–water partition coefficient (Wildman–Crippen LogP) is 8.84. The lowest BCUT2D eigenvalue weighted by molar-refractivity contribution is -0.143. The molecule has 0 spiro atoms. The molecule has 0 rings (SSSR count). The van der Waals surface area contributed by atoms with Crippen molar-refractivity contribution in [1.29, 1.82) is 0 Å². The fourth-order valence-corrected chi connectivity index (χ4v) is 5.81. The second-order valence-corrected chi connectivity index (χ2v) is 11.1. The Morgan fingerprint density at radius 3 is 1.34 bits per heavy atom. The van der Waals surface area contributed by atoms with Crippen molar-refractivity contribution in [2.75, 3.05) is 19.8 Å². The van der Waals surface area contributed by atoms with Crippen LogP contribution in [0.15, 0.2) is 0 Å². The van der Waals surface area contributed by atoms with Crippen LogP contribution in [0.2, 0.25) is 0 Å². The molecule has 0 heterocycles. The summed E-state index contributed by atoms with van der Waals surface area (Å²) in [6.45, 7) is 9.08. The van der Waals surface area contributed by atoms with E-state index in [1.54, 1.807) is 6.92 Å². The molecule has 0 aromatic rings. The summed E-state index contributed by atoms with van der Waals surface area (Å²) >= 11 is 0. The molecule has 0 saturated heterocycles. The number of carbonyl (C=O) groups is 1. The molecule has 0 aliphatic rings. The van der Waals surface area contributed by atoms with Gasteiger partial charge in [-0.1, -0.05) is 111 Å². The minimum absolute atomic E-state index is 0.269. The van der Waals surface area contributed by atoms with Crippen molar-refractivity contribution < 1.29 is 23.1 Å². The highest BCUT2D eigenvalue weighted by Gasteiger charge is 2.41. The Hall–Kier alpha value is -0.380. The van der Waals surface area contributed by atoms with Gasteiger partial charge in [0.1, 0.15) is 0 Å². The van der Waals surface area contributed by atoms with Gasteiger partial charge in [0.15, 0.2) is 5.66 Å². The zero-order valence-electron chi connectivity index (χ0n) is 21.7. The summed E-state index contributed by atoms with van der Waals surface area (Å²) < 4.78 is 30.3. The fraction of sp³-hybridized carbons (Fsp3) is 0.962. The van der Waals surface area contributed by atoms with Gasteiger partial charge >= 0.3 is 13.6 Å². The maximum atomic E-state index is 13.5. The van der Waals surface area contributed by atoms with E-state index in [-0.39, 0.29) is 6.61 Å². The maximum absolute atomic E-state index is 13.5. The van der Waals surface area contributed by atoms with E-state index in [1.165, 1.54) is 77.0 Å². The van der Waals surface area contributed by atoms with Crippen molar-refractivity contribution in [3.8, 4) is 0 Å². The molecule has 0 aliphatic carbocycles. The number of hydrogen-bond donors (Lipinski definition) is 0. The Morgan fingerprint density at radius 1 is 0.625 bits per heavy atom. The van der Waals surface area contributed by atoms with E-state index in [1.807, 2.05) is 6.92 Å². The minimum atomic E-state index is -3.53. The zero-order chi connectivity index (χ0) is 23.9. The van der Waals surface area contributed by atoms with E-state index in [0.717, 1.165) is 25.7 Å². The number of carbonyl (C=O) groups excluding carboxylic acids is 1. The molecule has 1 atom stereocenters. The first kappa shape index (κ1) is 31.6. The molecular weight excluding hydrogens is 423 g/mol. The third-order valence-corrected chi connectivity index (χ3v) is 8.29. The first-order chi connectivity index (χ1) is 15.6. The Kier molecular flexibility index (Phi) is 22.1. The summed E-state index contributed by atoms with van der Waals surface area (Å²) in [5, 5.41) is 0. The van der Waals surface area contributed by atoms with Gasteiger partial charge in [0, 0.05) is 0 Å². The first-order valence-corrected chi connectivity index (χ1v) is 15.2. The monoisotopic (exact) mass is 476 g/mol. The lowest BCUT2D eigenvalue weighted by atomic mass is 10.1. The topological polar surface area (TPSA) is 61.8 Å². The van der Waals surface area contributed by atoms with Crippen molar-refractivity contribution in [2.45, 2.75) is 143 Å².